The fourth-order valence-electron chi connectivity index (χ4n) is 3.46. The standard InChI is InChI=1S/C27H25Br2N3O2/c1-4-18(3)26-31-24-11-10-21(28)14-22(24)27(33)32(26)30-15-20-9-12-25(23(29)13-20)34-16-19-7-5-17(2)6-8-19/h5-15,18H,4,16H2,1-3H3/t18-/m1/s1. The Morgan fingerprint density at radius 3 is 2.56 bits per heavy atom. The molecule has 0 aliphatic rings. The lowest BCUT2D eigenvalue weighted by atomic mass is 10.1. The monoisotopic (exact) mass is 581 g/mol. The number of hydrogen-bond acceptors (Lipinski definition) is 4. The van der Waals surface area contributed by atoms with Gasteiger partial charge in [-0.05, 0) is 76.8 Å². The molecule has 34 heavy (non-hydrogen) atoms. The Balaban J connectivity index is 1.62. The number of halogens is 2. The highest BCUT2D eigenvalue weighted by Crippen LogP contribution is 2.27. The van der Waals surface area contributed by atoms with Crippen LogP contribution in [0.15, 0.2) is 79.5 Å². The summed E-state index contributed by atoms with van der Waals surface area (Å²) in [5.74, 6) is 1.48. The molecule has 1 atom stereocenters. The molecule has 0 spiro atoms. The Morgan fingerprint density at radius 2 is 1.85 bits per heavy atom. The third-order valence-corrected chi connectivity index (χ3v) is 6.79. The van der Waals surface area contributed by atoms with Crippen molar-refractivity contribution < 1.29 is 4.74 Å². The number of aromatic nitrogens is 2. The normalized spacial score (nSPS) is 12.4. The van der Waals surface area contributed by atoms with Crippen LogP contribution in [0.5, 0.6) is 5.75 Å². The first-order chi connectivity index (χ1) is 16.4. The summed E-state index contributed by atoms with van der Waals surface area (Å²) in [4.78, 5) is 18.0. The first-order valence-electron chi connectivity index (χ1n) is 11.1. The second-order valence-corrected chi connectivity index (χ2v) is 10.0. The maximum atomic E-state index is 13.3. The number of aryl methyl sites for hydroxylation is 1. The van der Waals surface area contributed by atoms with Crippen molar-refractivity contribution in [3.05, 3.63) is 102 Å². The van der Waals surface area contributed by atoms with Gasteiger partial charge in [0.15, 0.2) is 0 Å². The van der Waals surface area contributed by atoms with Crippen LogP contribution in [0.2, 0.25) is 0 Å². The van der Waals surface area contributed by atoms with Crippen LogP contribution >= 0.6 is 31.9 Å². The number of rotatable bonds is 7. The summed E-state index contributed by atoms with van der Waals surface area (Å²) in [6, 6.07) is 19.5. The van der Waals surface area contributed by atoms with Gasteiger partial charge in [-0.2, -0.15) is 9.78 Å². The Morgan fingerprint density at radius 1 is 1.09 bits per heavy atom. The molecule has 0 saturated carbocycles. The predicted octanol–water partition coefficient (Wildman–Crippen LogP) is 7.20. The van der Waals surface area contributed by atoms with Crippen molar-refractivity contribution in [1.82, 2.24) is 9.66 Å². The second kappa shape index (κ2) is 10.7. The van der Waals surface area contributed by atoms with Gasteiger partial charge in [-0.1, -0.05) is 59.6 Å². The van der Waals surface area contributed by atoms with E-state index in [4.69, 9.17) is 9.72 Å². The molecule has 174 valence electrons. The van der Waals surface area contributed by atoms with Gasteiger partial charge in [0, 0.05) is 10.4 Å². The van der Waals surface area contributed by atoms with E-state index in [2.05, 4.69) is 82.0 Å². The van der Waals surface area contributed by atoms with Crippen LogP contribution in [0.1, 0.15) is 48.7 Å². The van der Waals surface area contributed by atoms with Gasteiger partial charge in [0.05, 0.1) is 21.6 Å². The van der Waals surface area contributed by atoms with Crippen molar-refractivity contribution in [3.63, 3.8) is 0 Å². The van der Waals surface area contributed by atoms with Crippen molar-refractivity contribution >= 4 is 49.0 Å². The highest BCUT2D eigenvalue weighted by molar-refractivity contribution is 9.10. The summed E-state index contributed by atoms with van der Waals surface area (Å²) >= 11 is 7.03. The van der Waals surface area contributed by atoms with E-state index >= 15 is 0 Å². The Bertz CT molecular complexity index is 1410. The van der Waals surface area contributed by atoms with E-state index in [-0.39, 0.29) is 11.5 Å². The maximum Gasteiger partial charge on any atom is 0.282 e. The molecule has 0 amide bonds. The summed E-state index contributed by atoms with van der Waals surface area (Å²) < 4.78 is 9.03. The maximum absolute atomic E-state index is 13.3. The van der Waals surface area contributed by atoms with Crippen molar-refractivity contribution in [2.24, 2.45) is 5.10 Å². The predicted molar refractivity (Wildman–Crippen MR) is 145 cm³/mol. The van der Waals surface area contributed by atoms with Crippen molar-refractivity contribution in [2.75, 3.05) is 0 Å². The quantitative estimate of drug-likeness (QED) is 0.216. The molecule has 0 unspecified atom stereocenters. The van der Waals surface area contributed by atoms with Gasteiger partial charge in [0.2, 0.25) is 0 Å². The number of nitrogens with zero attached hydrogens (tertiary/aromatic N) is 3. The molecule has 0 fully saturated rings. The van der Waals surface area contributed by atoms with E-state index < -0.39 is 0 Å². The van der Waals surface area contributed by atoms with Crippen LogP contribution in [0, 0.1) is 6.92 Å². The second-order valence-electron chi connectivity index (χ2n) is 8.27. The number of ether oxygens (including phenoxy) is 1. The minimum Gasteiger partial charge on any atom is -0.488 e. The lowest BCUT2D eigenvalue weighted by molar-refractivity contribution is 0.304. The lowest BCUT2D eigenvalue weighted by Crippen LogP contribution is -2.23. The van der Waals surface area contributed by atoms with E-state index in [1.165, 1.54) is 10.2 Å². The Hall–Kier alpha value is -2.77. The fourth-order valence-corrected chi connectivity index (χ4v) is 4.34. The van der Waals surface area contributed by atoms with Gasteiger partial charge in [-0.3, -0.25) is 4.79 Å². The van der Waals surface area contributed by atoms with E-state index in [1.54, 1.807) is 12.3 Å². The van der Waals surface area contributed by atoms with Crippen LogP contribution in [-0.2, 0) is 6.61 Å². The van der Waals surface area contributed by atoms with Gasteiger partial charge in [0.1, 0.15) is 18.2 Å². The van der Waals surface area contributed by atoms with E-state index in [9.17, 15) is 4.79 Å². The number of hydrogen-bond donors (Lipinski definition) is 0. The summed E-state index contributed by atoms with van der Waals surface area (Å²) in [5.41, 5.74) is 3.66. The minimum atomic E-state index is -0.185. The van der Waals surface area contributed by atoms with Gasteiger partial charge in [-0.15, -0.1) is 0 Å². The van der Waals surface area contributed by atoms with E-state index in [0.29, 0.717) is 23.3 Å². The molecule has 1 heterocycles. The molecule has 3 aromatic carbocycles. The van der Waals surface area contributed by atoms with Crippen LogP contribution in [-0.4, -0.2) is 15.9 Å². The van der Waals surface area contributed by atoms with Gasteiger partial charge >= 0.3 is 0 Å². The summed E-state index contributed by atoms with van der Waals surface area (Å²) in [5, 5.41) is 5.06. The summed E-state index contributed by atoms with van der Waals surface area (Å²) in [6.45, 7) is 6.67. The first kappa shape index (κ1) is 24.4. The zero-order chi connectivity index (χ0) is 24.2. The molecule has 0 radical (unpaired) electrons. The Labute approximate surface area is 215 Å². The fraction of sp³-hybridized carbons (Fsp3) is 0.222. The smallest absolute Gasteiger partial charge is 0.282 e. The van der Waals surface area contributed by atoms with E-state index in [0.717, 1.165) is 32.2 Å². The molecule has 0 N–H and O–H groups in total. The SMILES string of the molecule is CC[C@@H](C)c1nc2ccc(Br)cc2c(=O)n1N=Cc1ccc(OCc2ccc(C)cc2)c(Br)c1. The molecule has 7 heteroatoms. The largest absolute Gasteiger partial charge is 0.488 e. The zero-order valence-electron chi connectivity index (χ0n) is 19.3. The van der Waals surface area contributed by atoms with Crippen molar-refractivity contribution in [2.45, 2.75) is 39.7 Å². The molecule has 0 saturated heterocycles. The molecule has 0 aliphatic heterocycles. The average Bonchev–Trinajstić information content (AvgIpc) is 2.83. The molecule has 1 aromatic heterocycles. The van der Waals surface area contributed by atoms with Gasteiger partial charge in [0.25, 0.3) is 5.56 Å². The highest BCUT2D eigenvalue weighted by Gasteiger charge is 2.15. The van der Waals surface area contributed by atoms with Crippen LogP contribution in [0.3, 0.4) is 0 Å². The molecule has 4 aromatic rings. The Kier molecular flexibility index (Phi) is 7.63. The molecule has 5 nitrogen and oxygen atoms in total. The van der Waals surface area contributed by atoms with Gasteiger partial charge in [-0.25, -0.2) is 4.98 Å². The number of fused-ring (bicyclic) bond motifs is 1. The molecule has 0 bridgehead atoms. The van der Waals surface area contributed by atoms with Crippen molar-refractivity contribution in [3.8, 4) is 5.75 Å². The average molecular weight is 583 g/mol. The number of benzene rings is 3. The topological polar surface area (TPSA) is 56.5 Å². The van der Waals surface area contributed by atoms with Crippen LogP contribution in [0.25, 0.3) is 10.9 Å². The van der Waals surface area contributed by atoms with Crippen LogP contribution < -0.4 is 10.3 Å². The highest BCUT2D eigenvalue weighted by atomic mass is 79.9. The summed E-state index contributed by atoms with van der Waals surface area (Å²) in [6.07, 6.45) is 2.52. The first-order valence-corrected chi connectivity index (χ1v) is 12.7. The molecule has 4 rings (SSSR count). The molecular weight excluding hydrogens is 558 g/mol. The van der Waals surface area contributed by atoms with Gasteiger partial charge < -0.3 is 4.74 Å². The molecular formula is C27H25Br2N3O2. The minimum absolute atomic E-state index is 0.0854. The zero-order valence-corrected chi connectivity index (χ0v) is 22.4. The summed E-state index contributed by atoms with van der Waals surface area (Å²) in [7, 11) is 0. The third-order valence-electron chi connectivity index (χ3n) is 5.68. The molecule has 0 aliphatic carbocycles. The third kappa shape index (κ3) is 5.47. The van der Waals surface area contributed by atoms with Crippen molar-refractivity contribution in [1.29, 1.82) is 0 Å². The van der Waals surface area contributed by atoms with Crippen LogP contribution in [0.4, 0.5) is 0 Å². The lowest BCUT2D eigenvalue weighted by Gasteiger charge is -2.14. The van der Waals surface area contributed by atoms with E-state index in [1.807, 2.05) is 30.3 Å².